The second-order valence-corrected chi connectivity index (χ2v) is 7.03. The molecule has 0 aromatic carbocycles. The van der Waals surface area contributed by atoms with Gasteiger partial charge in [0.1, 0.15) is 0 Å². The summed E-state index contributed by atoms with van der Waals surface area (Å²) in [7, 11) is -3.49. The van der Waals surface area contributed by atoms with Gasteiger partial charge in [0.15, 0.2) is 0 Å². The quantitative estimate of drug-likeness (QED) is 0.844. The van der Waals surface area contributed by atoms with Gasteiger partial charge in [-0.1, -0.05) is 0 Å². The van der Waals surface area contributed by atoms with Crippen LogP contribution in [0.15, 0.2) is 18.5 Å². The van der Waals surface area contributed by atoms with E-state index < -0.39 is 10.2 Å². The van der Waals surface area contributed by atoms with Gasteiger partial charge in [-0.3, -0.25) is 4.68 Å². The Morgan fingerprint density at radius 1 is 1.40 bits per heavy atom. The van der Waals surface area contributed by atoms with E-state index in [0.717, 1.165) is 0 Å². The van der Waals surface area contributed by atoms with Gasteiger partial charge in [0.2, 0.25) is 0 Å². The summed E-state index contributed by atoms with van der Waals surface area (Å²) < 4.78 is 36.1. The molecular formula is C12H22N4O3S. The largest absolute Gasteiger partial charge is 0.373 e. The molecule has 2 heterocycles. The second kappa shape index (κ2) is 6.21. The number of ether oxygens (including phenoxy) is 1. The van der Waals surface area contributed by atoms with Crippen LogP contribution in [0.3, 0.4) is 0 Å². The monoisotopic (exact) mass is 302 g/mol. The van der Waals surface area contributed by atoms with Crippen molar-refractivity contribution in [3.8, 4) is 0 Å². The minimum Gasteiger partial charge on any atom is -0.373 e. The van der Waals surface area contributed by atoms with Crippen molar-refractivity contribution in [3.63, 3.8) is 0 Å². The molecule has 0 saturated carbocycles. The van der Waals surface area contributed by atoms with Crippen LogP contribution >= 0.6 is 0 Å². The van der Waals surface area contributed by atoms with Gasteiger partial charge in [0.05, 0.1) is 18.8 Å². The zero-order valence-corrected chi connectivity index (χ0v) is 12.9. The number of hydrogen-bond donors (Lipinski definition) is 1. The molecule has 1 saturated heterocycles. The van der Waals surface area contributed by atoms with Crippen molar-refractivity contribution in [1.29, 1.82) is 0 Å². The molecule has 20 heavy (non-hydrogen) atoms. The Hall–Kier alpha value is -0.960. The first-order valence-corrected chi connectivity index (χ1v) is 8.21. The Morgan fingerprint density at radius 2 is 2.05 bits per heavy atom. The molecule has 0 radical (unpaired) electrons. The van der Waals surface area contributed by atoms with Gasteiger partial charge < -0.3 is 4.74 Å². The van der Waals surface area contributed by atoms with Crippen LogP contribution in [-0.2, 0) is 21.5 Å². The Morgan fingerprint density at radius 3 is 2.60 bits per heavy atom. The standard InChI is InChI=1S/C12H22N4O3S/c1-10(7-15-6-4-5-13-15)14-20(17,18)16-8-11(2)19-12(3)9-16/h4-6,10-12,14H,7-9H2,1-3H3/t10-,11-,12-/m1/s1. The third kappa shape index (κ3) is 4.02. The fraction of sp³-hybridized carbons (Fsp3) is 0.750. The van der Waals surface area contributed by atoms with Crippen LogP contribution in [0.5, 0.6) is 0 Å². The first kappa shape index (κ1) is 15.4. The molecule has 1 aliphatic rings. The summed E-state index contributed by atoms with van der Waals surface area (Å²) in [6.07, 6.45) is 3.31. The van der Waals surface area contributed by atoms with Crippen molar-refractivity contribution in [2.75, 3.05) is 13.1 Å². The van der Waals surface area contributed by atoms with E-state index in [1.807, 2.05) is 33.0 Å². The molecule has 7 nitrogen and oxygen atoms in total. The Bertz CT molecular complexity index is 507. The third-order valence-electron chi connectivity index (χ3n) is 3.10. The van der Waals surface area contributed by atoms with E-state index in [-0.39, 0.29) is 18.2 Å². The number of aromatic nitrogens is 2. The summed E-state index contributed by atoms with van der Waals surface area (Å²) in [5.41, 5.74) is 0. The topological polar surface area (TPSA) is 76.5 Å². The fourth-order valence-electron chi connectivity index (χ4n) is 2.38. The van der Waals surface area contributed by atoms with E-state index in [1.54, 1.807) is 10.9 Å². The average Bonchev–Trinajstić information content (AvgIpc) is 2.79. The molecule has 1 aromatic rings. The van der Waals surface area contributed by atoms with Gasteiger partial charge in [-0.05, 0) is 26.8 Å². The van der Waals surface area contributed by atoms with E-state index in [4.69, 9.17) is 4.74 Å². The fourth-order valence-corrected chi connectivity index (χ4v) is 3.93. The maximum atomic E-state index is 12.3. The van der Waals surface area contributed by atoms with Crippen molar-refractivity contribution in [3.05, 3.63) is 18.5 Å². The van der Waals surface area contributed by atoms with Gasteiger partial charge in [0, 0.05) is 31.5 Å². The smallest absolute Gasteiger partial charge is 0.279 e. The normalized spacial score (nSPS) is 26.6. The van der Waals surface area contributed by atoms with Crippen LogP contribution in [0.25, 0.3) is 0 Å². The second-order valence-electron chi connectivity index (χ2n) is 5.33. The number of nitrogens with one attached hydrogen (secondary N) is 1. The van der Waals surface area contributed by atoms with Crippen molar-refractivity contribution in [2.45, 2.75) is 45.6 Å². The van der Waals surface area contributed by atoms with Crippen molar-refractivity contribution in [1.82, 2.24) is 18.8 Å². The maximum Gasteiger partial charge on any atom is 0.279 e. The predicted molar refractivity (Wildman–Crippen MR) is 75.3 cm³/mol. The van der Waals surface area contributed by atoms with E-state index in [1.165, 1.54) is 4.31 Å². The lowest BCUT2D eigenvalue weighted by molar-refractivity contribution is -0.0444. The summed E-state index contributed by atoms with van der Waals surface area (Å²) in [5.74, 6) is 0. The lowest BCUT2D eigenvalue weighted by Gasteiger charge is -2.35. The summed E-state index contributed by atoms with van der Waals surface area (Å²) in [6, 6.07) is 1.58. The van der Waals surface area contributed by atoms with Gasteiger partial charge in [-0.15, -0.1) is 0 Å². The van der Waals surface area contributed by atoms with Crippen molar-refractivity contribution < 1.29 is 13.2 Å². The third-order valence-corrected chi connectivity index (χ3v) is 4.77. The molecule has 0 spiro atoms. The van der Waals surface area contributed by atoms with Crippen molar-refractivity contribution in [2.24, 2.45) is 0 Å². The maximum absolute atomic E-state index is 12.3. The molecule has 0 amide bonds. The highest BCUT2D eigenvalue weighted by molar-refractivity contribution is 7.87. The van der Waals surface area contributed by atoms with Crippen LogP contribution in [0.4, 0.5) is 0 Å². The van der Waals surface area contributed by atoms with E-state index >= 15 is 0 Å². The highest BCUT2D eigenvalue weighted by atomic mass is 32.2. The highest BCUT2D eigenvalue weighted by Crippen LogP contribution is 2.13. The van der Waals surface area contributed by atoms with Gasteiger partial charge in [-0.25, -0.2) is 0 Å². The predicted octanol–water partition coefficient (Wildman–Crippen LogP) is 0.215. The van der Waals surface area contributed by atoms with Crippen molar-refractivity contribution >= 4 is 10.2 Å². The first-order valence-electron chi connectivity index (χ1n) is 6.77. The van der Waals surface area contributed by atoms with Crippen LogP contribution in [0.2, 0.25) is 0 Å². The average molecular weight is 302 g/mol. The molecule has 1 fully saturated rings. The SMILES string of the molecule is C[C@H](Cn1cccn1)NS(=O)(=O)N1C[C@@H](C)O[C@H](C)C1. The molecule has 1 aromatic heterocycles. The molecule has 114 valence electrons. The molecule has 1 aliphatic heterocycles. The molecule has 8 heteroatoms. The highest BCUT2D eigenvalue weighted by Gasteiger charge is 2.31. The molecule has 0 aliphatic carbocycles. The molecular weight excluding hydrogens is 280 g/mol. The van der Waals surface area contributed by atoms with Gasteiger partial charge in [0.25, 0.3) is 10.2 Å². The van der Waals surface area contributed by atoms with E-state index in [0.29, 0.717) is 19.6 Å². The summed E-state index contributed by atoms with van der Waals surface area (Å²) in [5, 5.41) is 4.07. The van der Waals surface area contributed by atoms with Crippen LogP contribution in [0.1, 0.15) is 20.8 Å². The molecule has 0 unspecified atom stereocenters. The van der Waals surface area contributed by atoms with E-state index in [9.17, 15) is 8.42 Å². The lowest BCUT2D eigenvalue weighted by Crippen LogP contribution is -2.53. The summed E-state index contributed by atoms with van der Waals surface area (Å²) in [4.78, 5) is 0. The van der Waals surface area contributed by atoms with Crippen LogP contribution in [0, 0.1) is 0 Å². The summed E-state index contributed by atoms with van der Waals surface area (Å²) >= 11 is 0. The molecule has 1 N–H and O–H groups in total. The van der Waals surface area contributed by atoms with E-state index in [2.05, 4.69) is 9.82 Å². The minimum atomic E-state index is -3.49. The number of rotatable bonds is 5. The van der Waals surface area contributed by atoms with Gasteiger partial charge in [-0.2, -0.15) is 22.5 Å². The number of nitrogens with zero attached hydrogens (tertiary/aromatic N) is 3. The van der Waals surface area contributed by atoms with Crippen LogP contribution in [-0.4, -0.2) is 53.8 Å². The minimum absolute atomic E-state index is 0.0863. The Labute approximate surface area is 120 Å². The first-order chi connectivity index (χ1) is 9.37. The molecule has 3 atom stereocenters. The zero-order valence-electron chi connectivity index (χ0n) is 12.1. The number of hydrogen-bond acceptors (Lipinski definition) is 4. The molecule has 2 rings (SSSR count). The Kier molecular flexibility index (Phi) is 4.79. The van der Waals surface area contributed by atoms with Crippen LogP contribution < -0.4 is 4.72 Å². The zero-order chi connectivity index (χ0) is 14.8. The molecule has 0 bridgehead atoms. The number of morpholine rings is 1. The van der Waals surface area contributed by atoms with Gasteiger partial charge >= 0.3 is 0 Å². The lowest BCUT2D eigenvalue weighted by atomic mass is 10.3. The summed E-state index contributed by atoms with van der Waals surface area (Å²) in [6.45, 7) is 6.85. The Balaban J connectivity index is 1.96.